The van der Waals surface area contributed by atoms with Gasteiger partial charge in [0.05, 0.1) is 39.9 Å². The Kier molecular flexibility index (Phi) is 5.43. The van der Waals surface area contributed by atoms with Crippen LogP contribution in [0.15, 0.2) is 157 Å². The first-order valence-corrected chi connectivity index (χ1v) is 17.8. The van der Waals surface area contributed by atoms with Gasteiger partial charge in [-0.2, -0.15) is 0 Å². The molecule has 5 heterocycles. The van der Waals surface area contributed by atoms with Gasteiger partial charge < -0.3 is 19.4 Å². The SMILES string of the molecule is C1=CC2C3c4c(ccc5c6ccccc6n(c45)-c4ccccc4-n4c3c1c1ccccc14)N2C1NC(c2ccccc2)=NC(c2ccccc2)N1. The third kappa shape index (κ3) is 3.61. The Morgan fingerprint density at radius 1 is 0.569 bits per heavy atom. The van der Waals surface area contributed by atoms with Crippen molar-refractivity contribution in [3.8, 4) is 11.4 Å². The number of nitrogens with zero attached hydrogens (tertiary/aromatic N) is 4. The molecule has 6 nitrogen and oxygen atoms in total. The van der Waals surface area contributed by atoms with Gasteiger partial charge in [-0.25, -0.2) is 4.99 Å². The lowest BCUT2D eigenvalue weighted by atomic mass is 9.83. The Hall–Kier alpha value is -6.37. The van der Waals surface area contributed by atoms with Crippen molar-refractivity contribution in [1.29, 1.82) is 0 Å². The molecule has 4 unspecified atom stereocenters. The van der Waals surface area contributed by atoms with Crippen molar-refractivity contribution in [3.63, 3.8) is 0 Å². The molecule has 2 N–H and O–H groups in total. The van der Waals surface area contributed by atoms with Gasteiger partial charge in [0.2, 0.25) is 0 Å². The molecule has 4 atom stereocenters. The smallest absolute Gasteiger partial charge is 0.159 e. The molecule has 0 amide bonds. The molecular weight excluding hydrogens is 625 g/mol. The summed E-state index contributed by atoms with van der Waals surface area (Å²) in [4.78, 5) is 7.84. The van der Waals surface area contributed by atoms with E-state index in [4.69, 9.17) is 4.99 Å². The van der Waals surface area contributed by atoms with Gasteiger partial charge >= 0.3 is 0 Å². The Morgan fingerprint density at radius 3 is 2.04 bits per heavy atom. The van der Waals surface area contributed by atoms with Crippen LogP contribution in [-0.2, 0) is 0 Å². The third-order valence-corrected chi connectivity index (χ3v) is 11.5. The van der Waals surface area contributed by atoms with Gasteiger partial charge in [0.15, 0.2) is 6.29 Å². The van der Waals surface area contributed by atoms with Crippen molar-refractivity contribution in [2.45, 2.75) is 24.4 Å². The van der Waals surface area contributed by atoms with E-state index in [1.54, 1.807) is 0 Å². The molecule has 0 radical (unpaired) electrons. The van der Waals surface area contributed by atoms with Crippen molar-refractivity contribution in [2.75, 3.05) is 4.90 Å². The lowest BCUT2D eigenvalue weighted by molar-refractivity contribution is 0.369. The molecule has 0 fully saturated rings. The molecule has 0 saturated carbocycles. The van der Waals surface area contributed by atoms with Gasteiger partial charge in [-0.15, -0.1) is 0 Å². The molecule has 0 bridgehead atoms. The molecule has 3 aliphatic heterocycles. The summed E-state index contributed by atoms with van der Waals surface area (Å²) < 4.78 is 5.11. The van der Waals surface area contributed by atoms with Crippen molar-refractivity contribution in [2.24, 2.45) is 4.99 Å². The van der Waals surface area contributed by atoms with Crippen LogP contribution in [0, 0.1) is 0 Å². The van der Waals surface area contributed by atoms with Gasteiger partial charge in [-0.05, 0) is 35.9 Å². The normalized spacial score (nSPS) is 21.0. The van der Waals surface area contributed by atoms with E-state index in [0.717, 1.165) is 17.0 Å². The van der Waals surface area contributed by atoms with E-state index in [1.165, 1.54) is 66.6 Å². The number of nitrogens with one attached hydrogen (secondary N) is 2. The largest absolute Gasteiger partial charge is 0.337 e. The first kappa shape index (κ1) is 27.5. The average Bonchev–Trinajstić information content (AvgIpc) is 3.83. The topological polar surface area (TPSA) is 49.5 Å². The molecule has 4 aliphatic rings. The van der Waals surface area contributed by atoms with E-state index in [-0.39, 0.29) is 24.4 Å². The van der Waals surface area contributed by atoms with E-state index < -0.39 is 0 Å². The Bertz CT molecular complexity index is 2790. The zero-order chi connectivity index (χ0) is 33.2. The molecule has 12 rings (SSSR count). The molecule has 2 aromatic heterocycles. The molecular formula is C45H32N6. The second-order valence-corrected chi connectivity index (χ2v) is 14.0. The fourth-order valence-electron chi connectivity index (χ4n) is 9.46. The summed E-state index contributed by atoms with van der Waals surface area (Å²) >= 11 is 0. The van der Waals surface area contributed by atoms with Gasteiger partial charge in [0.1, 0.15) is 12.0 Å². The van der Waals surface area contributed by atoms with Gasteiger partial charge in [-0.3, -0.25) is 5.32 Å². The summed E-state index contributed by atoms with van der Waals surface area (Å²) in [5, 5.41) is 11.7. The third-order valence-electron chi connectivity index (χ3n) is 11.5. The van der Waals surface area contributed by atoms with Crippen LogP contribution in [0.25, 0.3) is 50.2 Å². The molecule has 242 valence electrons. The maximum Gasteiger partial charge on any atom is 0.159 e. The number of aliphatic imine (C=N–C) groups is 1. The van der Waals surface area contributed by atoms with Crippen LogP contribution in [0.1, 0.15) is 40.0 Å². The zero-order valence-corrected chi connectivity index (χ0v) is 27.6. The monoisotopic (exact) mass is 656 g/mol. The van der Waals surface area contributed by atoms with E-state index in [1.807, 2.05) is 0 Å². The first-order chi connectivity index (χ1) is 25.3. The highest BCUT2D eigenvalue weighted by Crippen LogP contribution is 2.56. The van der Waals surface area contributed by atoms with Crippen LogP contribution < -0.4 is 15.5 Å². The first-order valence-electron chi connectivity index (χ1n) is 17.8. The predicted molar refractivity (Wildman–Crippen MR) is 207 cm³/mol. The van der Waals surface area contributed by atoms with E-state index in [2.05, 4.69) is 182 Å². The van der Waals surface area contributed by atoms with Crippen LogP contribution >= 0.6 is 0 Å². The summed E-state index contributed by atoms with van der Waals surface area (Å²) in [6, 6.07) is 52.7. The Balaban J connectivity index is 1.17. The minimum absolute atomic E-state index is 0.0504. The summed E-state index contributed by atoms with van der Waals surface area (Å²) in [6.07, 6.45) is 4.37. The van der Waals surface area contributed by atoms with Gasteiger partial charge in [0.25, 0.3) is 0 Å². The van der Waals surface area contributed by atoms with Crippen molar-refractivity contribution >= 4 is 50.3 Å². The lowest BCUT2D eigenvalue weighted by Crippen LogP contribution is -2.62. The quantitative estimate of drug-likeness (QED) is 0.200. The maximum atomic E-state index is 5.25. The molecule has 51 heavy (non-hydrogen) atoms. The minimum Gasteiger partial charge on any atom is -0.337 e. The predicted octanol–water partition coefficient (Wildman–Crippen LogP) is 9.01. The van der Waals surface area contributed by atoms with Crippen molar-refractivity contribution in [1.82, 2.24) is 19.8 Å². The number of anilines is 1. The number of benzene rings is 6. The van der Waals surface area contributed by atoms with Gasteiger partial charge in [0, 0.05) is 44.2 Å². The molecule has 0 spiro atoms. The molecule has 8 aromatic rings. The van der Waals surface area contributed by atoms with Crippen LogP contribution in [0.4, 0.5) is 5.69 Å². The summed E-state index contributed by atoms with van der Waals surface area (Å²) in [7, 11) is 0. The van der Waals surface area contributed by atoms with Crippen LogP contribution in [0.2, 0.25) is 0 Å². The number of hydrogen-bond acceptors (Lipinski definition) is 4. The summed E-state index contributed by atoms with van der Waals surface area (Å²) in [5.41, 5.74) is 13.7. The number of rotatable bonds is 3. The fraction of sp³-hybridized carbons (Fsp3) is 0.0889. The molecule has 0 saturated heterocycles. The maximum absolute atomic E-state index is 5.25. The highest BCUT2D eigenvalue weighted by Gasteiger charge is 2.49. The van der Waals surface area contributed by atoms with E-state index in [9.17, 15) is 0 Å². The Labute approximate surface area is 294 Å². The van der Waals surface area contributed by atoms with Crippen LogP contribution in [0.5, 0.6) is 0 Å². The minimum atomic E-state index is -0.237. The van der Waals surface area contributed by atoms with Crippen LogP contribution in [0.3, 0.4) is 0 Å². The number of hydrogen-bond donors (Lipinski definition) is 2. The average molecular weight is 657 g/mol. The number of aromatic nitrogens is 2. The van der Waals surface area contributed by atoms with E-state index in [0.29, 0.717) is 0 Å². The second kappa shape index (κ2) is 10.1. The summed E-state index contributed by atoms with van der Waals surface area (Å²) in [6.45, 7) is 0. The van der Waals surface area contributed by atoms with Crippen molar-refractivity contribution < 1.29 is 0 Å². The highest BCUT2D eigenvalue weighted by molar-refractivity contribution is 6.13. The standard InChI is InChI=1S/C45H32N6/c1-3-13-27(14-4-1)43-46-44(28-15-5-2-6-16-28)48-45(47-43)51-37-25-23-31-29-17-7-9-19-33(29)49-35-21-11-12-22-36(35)50-34-20-10-8-18-30(34)32-24-26-38(51)40(42(32)50)39(37)41(31)49/h1-26,37,39,43,45,47H,(H,46,48). The Morgan fingerprint density at radius 2 is 1.24 bits per heavy atom. The molecule has 6 heteroatoms. The van der Waals surface area contributed by atoms with E-state index >= 15 is 0 Å². The second-order valence-electron chi connectivity index (χ2n) is 14.0. The zero-order valence-electron chi connectivity index (χ0n) is 27.6. The van der Waals surface area contributed by atoms with Crippen LogP contribution in [-0.4, -0.2) is 27.3 Å². The summed E-state index contributed by atoms with van der Waals surface area (Å²) in [5.74, 6) is 0.977. The lowest BCUT2D eigenvalue weighted by Gasteiger charge is -2.42. The number of fused-ring (bicyclic) bond motifs is 9. The van der Waals surface area contributed by atoms with Gasteiger partial charge in [-0.1, -0.05) is 127 Å². The molecule has 1 aliphatic carbocycles. The highest BCUT2D eigenvalue weighted by atomic mass is 15.5. The fourth-order valence-corrected chi connectivity index (χ4v) is 9.46. The molecule has 6 aromatic carbocycles. The number of para-hydroxylation sites is 4. The van der Waals surface area contributed by atoms with Crippen molar-refractivity contribution in [3.05, 3.63) is 180 Å². The number of amidine groups is 1.